The number of hydrogen-bond acceptors (Lipinski definition) is 5. The Hall–Kier alpha value is -3.10. The Bertz CT molecular complexity index is 1290. The first-order chi connectivity index (χ1) is 16.5. The van der Waals surface area contributed by atoms with Gasteiger partial charge in [0.15, 0.2) is 15.0 Å². The first kappa shape index (κ1) is 22.7. The SMILES string of the molecule is O=C(CCc1ccccc1)N=C1S[C@@H]2CS(=O)(=O)C[C@@H]2N1c1ccc(Oc2ccccc2)cc1. The van der Waals surface area contributed by atoms with Crippen LogP contribution in [0.25, 0.3) is 0 Å². The zero-order valence-corrected chi connectivity index (χ0v) is 20.0. The topological polar surface area (TPSA) is 76.0 Å². The van der Waals surface area contributed by atoms with Crippen molar-refractivity contribution >= 4 is 38.4 Å². The van der Waals surface area contributed by atoms with Gasteiger partial charge >= 0.3 is 0 Å². The number of para-hydroxylation sites is 1. The van der Waals surface area contributed by atoms with E-state index < -0.39 is 9.84 Å². The molecule has 174 valence electrons. The van der Waals surface area contributed by atoms with Crippen molar-refractivity contribution in [2.24, 2.45) is 4.99 Å². The van der Waals surface area contributed by atoms with E-state index in [9.17, 15) is 13.2 Å². The van der Waals surface area contributed by atoms with E-state index >= 15 is 0 Å². The van der Waals surface area contributed by atoms with Crippen LogP contribution in [0.5, 0.6) is 11.5 Å². The summed E-state index contributed by atoms with van der Waals surface area (Å²) in [7, 11) is -3.12. The maximum atomic E-state index is 12.7. The second-order valence-corrected chi connectivity index (χ2v) is 11.7. The molecule has 0 radical (unpaired) electrons. The van der Waals surface area contributed by atoms with Crippen LogP contribution < -0.4 is 9.64 Å². The van der Waals surface area contributed by atoms with Gasteiger partial charge < -0.3 is 9.64 Å². The number of benzene rings is 3. The lowest BCUT2D eigenvalue weighted by Crippen LogP contribution is -2.37. The number of ether oxygens (including phenoxy) is 1. The number of thioether (sulfide) groups is 1. The van der Waals surface area contributed by atoms with Crippen LogP contribution in [0.2, 0.25) is 0 Å². The Kier molecular flexibility index (Phi) is 6.43. The minimum atomic E-state index is -3.12. The lowest BCUT2D eigenvalue weighted by molar-refractivity contribution is -0.117. The fourth-order valence-corrected chi connectivity index (χ4v) is 8.16. The van der Waals surface area contributed by atoms with E-state index in [0.29, 0.717) is 23.8 Å². The fourth-order valence-electron chi connectivity index (χ4n) is 4.22. The maximum Gasteiger partial charge on any atom is 0.248 e. The largest absolute Gasteiger partial charge is 0.457 e. The van der Waals surface area contributed by atoms with Crippen molar-refractivity contribution in [1.82, 2.24) is 0 Å². The summed E-state index contributed by atoms with van der Waals surface area (Å²) in [4.78, 5) is 19.0. The summed E-state index contributed by atoms with van der Waals surface area (Å²) < 4.78 is 30.5. The van der Waals surface area contributed by atoms with E-state index in [-0.39, 0.29) is 28.7 Å². The van der Waals surface area contributed by atoms with E-state index in [1.165, 1.54) is 11.8 Å². The third-order valence-corrected chi connectivity index (χ3v) is 9.06. The number of sulfone groups is 1. The molecule has 6 nitrogen and oxygen atoms in total. The molecule has 0 aromatic heterocycles. The number of rotatable bonds is 6. The number of carbonyl (C=O) groups is 1. The molecule has 2 atom stereocenters. The van der Waals surface area contributed by atoms with E-state index in [2.05, 4.69) is 4.99 Å². The Morgan fingerprint density at radius 3 is 2.26 bits per heavy atom. The van der Waals surface area contributed by atoms with Crippen LogP contribution in [0.15, 0.2) is 89.9 Å². The van der Waals surface area contributed by atoms with Gasteiger partial charge in [0.2, 0.25) is 5.91 Å². The van der Waals surface area contributed by atoms with Crippen LogP contribution in [0.4, 0.5) is 5.69 Å². The van der Waals surface area contributed by atoms with Gasteiger partial charge in [-0.15, -0.1) is 0 Å². The van der Waals surface area contributed by atoms with Crippen LogP contribution in [0.3, 0.4) is 0 Å². The first-order valence-electron chi connectivity index (χ1n) is 11.1. The summed E-state index contributed by atoms with van der Waals surface area (Å²) in [5.41, 5.74) is 1.89. The summed E-state index contributed by atoms with van der Waals surface area (Å²) >= 11 is 1.39. The number of fused-ring (bicyclic) bond motifs is 1. The highest BCUT2D eigenvalue weighted by molar-refractivity contribution is 8.16. The van der Waals surface area contributed by atoms with Crippen molar-refractivity contribution in [3.8, 4) is 11.5 Å². The van der Waals surface area contributed by atoms with Crippen LogP contribution in [0, 0.1) is 0 Å². The molecule has 0 unspecified atom stereocenters. The number of amidine groups is 1. The quantitative estimate of drug-likeness (QED) is 0.496. The van der Waals surface area contributed by atoms with Crippen molar-refractivity contribution in [1.29, 1.82) is 0 Å². The Labute approximate surface area is 203 Å². The summed E-state index contributed by atoms with van der Waals surface area (Å²) in [5.74, 6) is 1.37. The number of carbonyl (C=O) groups excluding carboxylic acids is 1. The van der Waals surface area contributed by atoms with Crippen molar-refractivity contribution < 1.29 is 17.9 Å². The third kappa shape index (κ3) is 5.18. The smallest absolute Gasteiger partial charge is 0.248 e. The highest BCUT2D eigenvalue weighted by Crippen LogP contribution is 2.41. The Morgan fingerprint density at radius 1 is 0.912 bits per heavy atom. The molecular formula is C26H24N2O4S2. The molecule has 34 heavy (non-hydrogen) atoms. The monoisotopic (exact) mass is 492 g/mol. The molecule has 8 heteroatoms. The molecule has 0 spiro atoms. The predicted molar refractivity (Wildman–Crippen MR) is 136 cm³/mol. The summed E-state index contributed by atoms with van der Waals surface area (Å²) in [6.07, 6.45) is 0.924. The van der Waals surface area contributed by atoms with Crippen molar-refractivity contribution in [2.75, 3.05) is 16.4 Å². The molecule has 3 aromatic carbocycles. The van der Waals surface area contributed by atoms with Crippen molar-refractivity contribution in [3.63, 3.8) is 0 Å². The van der Waals surface area contributed by atoms with Gasteiger partial charge in [-0.05, 0) is 48.4 Å². The minimum absolute atomic E-state index is 0.0597. The average Bonchev–Trinajstić information content (AvgIpc) is 3.30. The second-order valence-electron chi connectivity index (χ2n) is 8.35. The molecular weight excluding hydrogens is 468 g/mol. The summed E-state index contributed by atoms with van der Waals surface area (Å²) in [5, 5.41) is 0.436. The second kappa shape index (κ2) is 9.64. The third-order valence-electron chi connectivity index (χ3n) is 5.85. The van der Waals surface area contributed by atoms with Gasteiger partial charge in [0.25, 0.3) is 0 Å². The molecule has 5 rings (SSSR count). The zero-order chi connectivity index (χ0) is 23.5. The fraction of sp³-hybridized carbons (Fsp3) is 0.231. The minimum Gasteiger partial charge on any atom is -0.457 e. The maximum absolute atomic E-state index is 12.7. The number of nitrogens with zero attached hydrogens (tertiary/aromatic N) is 2. The van der Waals surface area contributed by atoms with Crippen molar-refractivity contribution in [2.45, 2.75) is 24.1 Å². The van der Waals surface area contributed by atoms with E-state index in [1.807, 2.05) is 89.8 Å². The van der Waals surface area contributed by atoms with E-state index in [1.54, 1.807) is 0 Å². The standard InChI is InChI=1S/C26H24N2O4S2/c29-25(16-11-19-7-3-1-4-8-19)27-26-28(23-17-34(30,31)18-24(23)33-26)20-12-14-22(15-13-20)32-21-9-5-2-6-10-21/h1-10,12-15,23-24H,11,16-18H2/t23-,24+/m0/s1. The first-order valence-corrected chi connectivity index (χ1v) is 13.8. The summed E-state index contributed by atoms with van der Waals surface area (Å²) in [6.45, 7) is 0. The van der Waals surface area contributed by atoms with Gasteiger partial charge in [-0.1, -0.05) is 60.3 Å². The van der Waals surface area contributed by atoms with E-state index in [4.69, 9.17) is 4.74 Å². The van der Waals surface area contributed by atoms with Crippen LogP contribution >= 0.6 is 11.8 Å². The van der Waals surface area contributed by atoms with Gasteiger partial charge in [-0.25, -0.2) is 8.42 Å². The molecule has 0 aliphatic carbocycles. The molecule has 2 fully saturated rings. The molecule has 3 aromatic rings. The Morgan fingerprint density at radius 2 is 1.56 bits per heavy atom. The summed E-state index contributed by atoms with van der Waals surface area (Å²) in [6, 6.07) is 26.6. The van der Waals surface area contributed by atoms with Gasteiger partial charge in [0, 0.05) is 17.4 Å². The molecule has 2 heterocycles. The highest BCUT2D eigenvalue weighted by Gasteiger charge is 2.49. The van der Waals surface area contributed by atoms with Gasteiger partial charge in [-0.3, -0.25) is 4.79 Å². The molecule has 0 saturated carbocycles. The lowest BCUT2D eigenvalue weighted by atomic mass is 10.1. The van der Waals surface area contributed by atoms with Crippen LogP contribution in [-0.2, 0) is 21.1 Å². The van der Waals surface area contributed by atoms with Crippen molar-refractivity contribution in [3.05, 3.63) is 90.5 Å². The van der Waals surface area contributed by atoms with Gasteiger partial charge in [-0.2, -0.15) is 4.99 Å². The molecule has 1 amide bonds. The van der Waals surface area contributed by atoms with Gasteiger partial charge in [0.1, 0.15) is 11.5 Å². The average molecular weight is 493 g/mol. The normalized spacial score (nSPS) is 22.0. The Balaban J connectivity index is 1.36. The number of anilines is 1. The lowest BCUT2D eigenvalue weighted by Gasteiger charge is -2.24. The number of aliphatic imine (C=N–C) groups is 1. The molecule has 0 N–H and O–H groups in total. The zero-order valence-electron chi connectivity index (χ0n) is 18.4. The number of hydrogen-bond donors (Lipinski definition) is 0. The van der Waals surface area contributed by atoms with Crippen LogP contribution in [-0.4, -0.2) is 42.3 Å². The molecule has 2 saturated heterocycles. The van der Waals surface area contributed by atoms with E-state index in [0.717, 1.165) is 17.0 Å². The molecule has 0 bridgehead atoms. The predicted octanol–water partition coefficient (Wildman–Crippen LogP) is 4.71. The molecule has 2 aliphatic rings. The van der Waals surface area contributed by atoms with Gasteiger partial charge in [0.05, 0.1) is 17.5 Å². The number of aryl methyl sites for hydroxylation is 1. The van der Waals surface area contributed by atoms with Crippen LogP contribution in [0.1, 0.15) is 12.0 Å². The number of amides is 1. The highest BCUT2D eigenvalue weighted by atomic mass is 32.2. The molecule has 2 aliphatic heterocycles.